The third-order valence-electron chi connectivity index (χ3n) is 4.43. The van der Waals surface area contributed by atoms with Gasteiger partial charge in [-0.3, -0.25) is 0 Å². The highest BCUT2D eigenvalue weighted by molar-refractivity contribution is 6.01. The molecular formula is C17H22N2O2. The average molecular weight is 286 g/mol. The monoisotopic (exact) mass is 286 g/mol. The highest BCUT2D eigenvalue weighted by Crippen LogP contribution is 2.43. The van der Waals surface area contributed by atoms with E-state index in [4.69, 9.17) is 4.98 Å². The van der Waals surface area contributed by atoms with Crippen LogP contribution in [0.1, 0.15) is 68.2 Å². The van der Waals surface area contributed by atoms with Crippen molar-refractivity contribution < 1.29 is 9.90 Å². The molecule has 1 N–H and O–H groups in total. The fourth-order valence-electron chi connectivity index (χ4n) is 3.26. The first-order chi connectivity index (χ1) is 10.0. The minimum atomic E-state index is -0.872. The van der Waals surface area contributed by atoms with Gasteiger partial charge in [0.1, 0.15) is 5.82 Å². The maximum atomic E-state index is 11.6. The fourth-order valence-corrected chi connectivity index (χ4v) is 3.26. The number of hydrogen-bond acceptors (Lipinski definition) is 2. The Morgan fingerprint density at radius 2 is 2.14 bits per heavy atom. The Hall–Kier alpha value is -1.84. The Kier molecular flexibility index (Phi) is 3.47. The molecule has 1 unspecified atom stereocenters. The number of rotatable bonds is 5. The highest BCUT2D eigenvalue weighted by Gasteiger charge is 2.33. The van der Waals surface area contributed by atoms with Crippen molar-refractivity contribution >= 4 is 17.0 Å². The molecule has 1 atom stereocenters. The molecule has 3 rings (SSSR count). The Morgan fingerprint density at radius 1 is 1.43 bits per heavy atom. The Labute approximate surface area is 124 Å². The van der Waals surface area contributed by atoms with Gasteiger partial charge < -0.3 is 9.67 Å². The van der Waals surface area contributed by atoms with E-state index in [9.17, 15) is 9.90 Å². The molecule has 0 aliphatic heterocycles. The van der Waals surface area contributed by atoms with E-state index in [2.05, 4.69) is 25.3 Å². The fraction of sp³-hybridized carbons (Fsp3) is 0.529. The number of para-hydroxylation sites is 1. The predicted molar refractivity (Wildman–Crippen MR) is 82.8 cm³/mol. The molecule has 1 aliphatic rings. The second-order valence-corrected chi connectivity index (χ2v) is 6.31. The van der Waals surface area contributed by atoms with Crippen LogP contribution >= 0.6 is 0 Å². The predicted octanol–water partition coefficient (Wildman–Crippen LogP) is 4.22. The van der Waals surface area contributed by atoms with E-state index in [1.165, 1.54) is 12.8 Å². The lowest BCUT2D eigenvalue weighted by Crippen LogP contribution is -2.18. The van der Waals surface area contributed by atoms with Crippen LogP contribution in [0.3, 0.4) is 0 Å². The van der Waals surface area contributed by atoms with E-state index in [1.807, 2.05) is 6.07 Å². The van der Waals surface area contributed by atoms with Crippen molar-refractivity contribution in [2.24, 2.45) is 5.92 Å². The minimum Gasteiger partial charge on any atom is -0.478 e. The van der Waals surface area contributed by atoms with Gasteiger partial charge in [0.05, 0.1) is 16.6 Å². The van der Waals surface area contributed by atoms with E-state index in [0.717, 1.165) is 23.3 Å². The van der Waals surface area contributed by atoms with Gasteiger partial charge >= 0.3 is 5.97 Å². The minimum absolute atomic E-state index is 0.297. The Bertz CT molecular complexity index is 683. The van der Waals surface area contributed by atoms with Crippen molar-refractivity contribution in [3.63, 3.8) is 0 Å². The van der Waals surface area contributed by atoms with E-state index < -0.39 is 5.97 Å². The van der Waals surface area contributed by atoms with Crippen molar-refractivity contribution in [1.29, 1.82) is 0 Å². The van der Waals surface area contributed by atoms with E-state index in [-0.39, 0.29) is 0 Å². The SMILES string of the molecule is CCC(C(C)C)n1c(C2CC2)nc2cccc(C(=O)O)c21. The van der Waals surface area contributed by atoms with Crippen molar-refractivity contribution in [2.75, 3.05) is 0 Å². The van der Waals surface area contributed by atoms with Crippen molar-refractivity contribution in [1.82, 2.24) is 9.55 Å². The van der Waals surface area contributed by atoms with Gasteiger partial charge in [0.2, 0.25) is 0 Å². The van der Waals surface area contributed by atoms with Crippen LogP contribution in [0.25, 0.3) is 11.0 Å². The lowest BCUT2D eigenvalue weighted by Gasteiger charge is -2.24. The number of fused-ring (bicyclic) bond motifs is 1. The molecule has 0 bridgehead atoms. The van der Waals surface area contributed by atoms with Crippen LogP contribution < -0.4 is 0 Å². The highest BCUT2D eigenvalue weighted by atomic mass is 16.4. The van der Waals surface area contributed by atoms with Crippen LogP contribution in [0, 0.1) is 5.92 Å². The van der Waals surface area contributed by atoms with Gasteiger partial charge in [-0.05, 0) is 37.3 Å². The summed E-state index contributed by atoms with van der Waals surface area (Å²) in [5.74, 6) is 1.17. The summed E-state index contributed by atoms with van der Waals surface area (Å²) in [4.78, 5) is 16.4. The first-order valence-electron chi connectivity index (χ1n) is 7.78. The number of aromatic carboxylic acids is 1. The van der Waals surface area contributed by atoms with Gasteiger partial charge in [-0.2, -0.15) is 0 Å². The zero-order chi connectivity index (χ0) is 15.1. The van der Waals surface area contributed by atoms with Crippen molar-refractivity contribution in [3.8, 4) is 0 Å². The lowest BCUT2D eigenvalue weighted by atomic mass is 10.0. The standard InChI is InChI=1S/C17H22N2O2/c1-4-14(10(2)3)19-15-12(17(20)21)6-5-7-13(15)18-16(19)11-8-9-11/h5-7,10-11,14H,4,8-9H2,1-3H3,(H,20,21). The molecule has 1 fully saturated rings. The molecule has 112 valence electrons. The molecule has 0 amide bonds. The topological polar surface area (TPSA) is 55.1 Å². The molecule has 2 aromatic rings. The second-order valence-electron chi connectivity index (χ2n) is 6.31. The average Bonchev–Trinajstić information content (AvgIpc) is 3.21. The zero-order valence-electron chi connectivity index (χ0n) is 12.8. The first-order valence-corrected chi connectivity index (χ1v) is 7.78. The van der Waals surface area contributed by atoms with Crippen LogP contribution in [0.5, 0.6) is 0 Å². The Balaban J connectivity index is 2.31. The summed E-state index contributed by atoms with van der Waals surface area (Å²) in [5, 5.41) is 9.52. The summed E-state index contributed by atoms with van der Waals surface area (Å²) in [6.07, 6.45) is 3.32. The molecular weight excluding hydrogens is 264 g/mol. The quantitative estimate of drug-likeness (QED) is 0.895. The summed E-state index contributed by atoms with van der Waals surface area (Å²) in [5.41, 5.74) is 1.98. The molecule has 4 nitrogen and oxygen atoms in total. The number of carboxylic acids is 1. The number of benzene rings is 1. The molecule has 1 aromatic carbocycles. The second kappa shape index (κ2) is 5.17. The zero-order valence-corrected chi connectivity index (χ0v) is 12.8. The number of carboxylic acid groups (broad SMARTS) is 1. The summed E-state index contributed by atoms with van der Waals surface area (Å²) >= 11 is 0. The van der Waals surface area contributed by atoms with Crippen LogP contribution in [0.4, 0.5) is 0 Å². The molecule has 1 aromatic heterocycles. The maximum Gasteiger partial charge on any atom is 0.337 e. The maximum absolute atomic E-state index is 11.6. The molecule has 0 radical (unpaired) electrons. The molecule has 1 aliphatic carbocycles. The summed E-state index contributed by atoms with van der Waals surface area (Å²) in [6.45, 7) is 6.55. The molecule has 21 heavy (non-hydrogen) atoms. The number of aromatic nitrogens is 2. The van der Waals surface area contributed by atoms with Gasteiger partial charge in [-0.25, -0.2) is 9.78 Å². The molecule has 1 heterocycles. The van der Waals surface area contributed by atoms with Crippen molar-refractivity contribution in [3.05, 3.63) is 29.6 Å². The van der Waals surface area contributed by atoms with Gasteiger partial charge in [0, 0.05) is 12.0 Å². The lowest BCUT2D eigenvalue weighted by molar-refractivity contribution is 0.0698. The summed E-state index contributed by atoms with van der Waals surface area (Å²) < 4.78 is 2.22. The van der Waals surface area contributed by atoms with Crippen LogP contribution in [0.2, 0.25) is 0 Å². The molecule has 4 heteroatoms. The smallest absolute Gasteiger partial charge is 0.337 e. The van der Waals surface area contributed by atoms with Gasteiger partial charge in [-0.1, -0.05) is 26.8 Å². The molecule has 0 saturated heterocycles. The summed E-state index contributed by atoms with van der Waals surface area (Å²) in [6, 6.07) is 5.70. The normalized spacial score (nSPS) is 16.6. The van der Waals surface area contributed by atoms with Crippen LogP contribution in [-0.2, 0) is 0 Å². The largest absolute Gasteiger partial charge is 0.478 e. The van der Waals surface area contributed by atoms with Gasteiger partial charge in [0.25, 0.3) is 0 Å². The van der Waals surface area contributed by atoms with Gasteiger partial charge in [0.15, 0.2) is 0 Å². The van der Waals surface area contributed by atoms with Gasteiger partial charge in [-0.15, -0.1) is 0 Å². The summed E-state index contributed by atoms with van der Waals surface area (Å²) in [7, 11) is 0. The third-order valence-corrected chi connectivity index (χ3v) is 4.43. The van der Waals surface area contributed by atoms with E-state index in [0.29, 0.717) is 23.4 Å². The Morgan fingerprint density at radius 3 is 2.67 bits per heavy atom. The first kappa shape index (κ1) is 14.1. The number of nitrogens with zero attached hydrogens (tertiary/aromatic N) is 2. The number of carbonyl (C=O) groups is 1. The van der Waals surface area contributed by atoms with E-state index >= 15 is 0 Å². The number of hydrogen-bond donors (Lipinski definition) is 1. The van der Waals surface area contributed by atoms with Crippen LogP contribution in [0.15, 0.2) is 18.2 Å². The van der Waals surface area contributed by atoms with Crippen molar-refractivity contribution in [2.45, 2.75) is 52.0 Å². The molecule has 1 saturated carbocycles. The van der Waals surface area contributed by atoms with Crippen LogP contribution in [-0.4, -0.2) is 20.6 Å². The third kappa shape index (κ3) is 2.33. The number of imidazole rings is 1. The molecule has 0 spiro atoms. The van der Waals surface area contributed by atoms with E-state index in [1.54, 1.807) is 12.1 Å².